The summed E-state index contributed by atoms with van der Waals surface area (Å²) in [5.41, 5.74) is 0. The van der Waals surface area contributed by atoms with Crippen LogP contribution in [0.25, 0.3) is 0 Å². The number of nitrogens with zero attached hydrogens (tertiary/aromatic N) is 2. The molecule has 0 saturated heterocycles. The number of aliphatic imine (C=N–C) groups is 1. The third kappa shape index (κ3) is 11.4. The first kappa shape index (κ1) is 24.1. The molecule has 0 amide bonds. The first-order chi connectivity index (χ1) is 9.85. The Kier molecular flexibility index (Phi) is 14.6. The van der Waals surface area contributed by atoms with Crippen molar-refractivity contribution >= 4 is 40.0 Å². The molecule has 0 heterocycles. The minimum absolute atomic E-state index is 0. The van der Waals surface area contributed by atoms with E-state index in [2.05, 4.69) is 15.6 Å². The first-order valence-corrected chi connectivity index (χ1v) is 9.18. The quantitative estimate of drug-likeness (QED) is 0.223. The molecule has 134 valence electrons. The lowest BCUT2D eigenvalue weighted by Crippen LogP contribution is -2.44. The molecule has 0 aromatic rings. The van der Waals surface area contributed by atoms with E-state index in [-0.39, 0.29) is 30.0 Å². The summed E-state index contributed by atoms with van der Waals surface area (Å²) in [5.74, 6) is 0.726. The molecular weight excluding hydrogens is 419 g/mol. The van der Waals surface area contributed by atoms with Crippen molar-refractivity contribution in [3.8, 4) is 0 Å². The van der Waals surface area contributed by atoms with Gasteiger partial charge in [-0.2, -0.15) is 0 Å². The predicted octanol–water partition coefficient (Wildman–Crippen LogP) is 0.866. The van der Waals surface area contributed by atoms with Crippen molar-refractivity contribution in [3.63, 3.8) is 0 Å². The van der Waals surface area contributed by atoms with Crippen LogP contribution in [-0.2, 0) is 14.8 Å². The fourth-order valence-corrected chi connectivity index (χ4v) is 2.77. The second kappa shape index (κ2) is 13.3. The maximum absolute atomic E-state index is 11.5. The minimum Gasteiger partial charge on any atom is -0.383 e. The molecule has 2 N–H and O–H groups in total. The van der Waals surface area contributed by atoms with Crippen molar-refractivity contribution in [3.05, 3.63) is 0 Å². The SMILES string of the molecule is CCNC(=NCCCN(CC)S(C)(=O)=O)NC(C)COC.I. The van der Waals surface area contributed by atoms with E-state index in [1.165, 1.54) is 10.6 Å². The van der Waals surface area contributed by atoms with Gasteiger partial charge in [-0.05, 0) is 20.3 Å². The molecular formula is C13H31IN4O3S. The van der Waals surface area contributed by atoms with Gasteiger partial charge >= 0.3 is 0 Å². The highest BCUT2D eigenvalue weighted by molar-refractivity contribution is 14.0. The summed E-state index contributed by atoms with van der Waals surface area (Å²) in [6.07, 6.45) is 1.92. The molecule has 0 spiro atoms. The number of hydrogen-bond acceptors (Lipinski definition) is 4. The third-order valence-corrected chi connectivity index (χ3v) is 4.18. The average molecular weight is 450 g/mol. The molecule has 0 rings (SSSR count). The zero-order chi connectivity index (χ0) is 16.3. The van der Waals surface area contributed by atoms with Crippen LogP contribution in [0.2, 0.25) is 0 Å². The van der Waals surface area contributed by atoms with Crippen LogP contribution in [0.4, 0.5) is 0 Å². The van der Waals surface area contributed by atoms with Gasteiger partial charge in [0.15, 0.2) is 5.96 Å². The number of methoxy groups -OCH3 is 1. The van der Waals surface area contributed by atoms with Gasteiger partial charge in [-0.3, -0.25) is 4.99 Å². The Bertz CT molecular complexity index is 404. The zero-order valence-corrected chi connectivity index (χ0v) is 17.4. The van der Waals surface area contributed by atoms with Gasteiger partial charge in [-0.1, -0.05) is 6.92 Å². The highest BCUT2D eigenvalue weighted by atomic mass is 127. The van der Waals surface area contributed by atoms with E-state index in [4.69, 9.17) is 4.74 Å². The second-order valence-corrected chi connectivity index (χ2v) is 6.85. The van der Waals surface area contributed by atoms with Crippen molar-refractivity contribution in [2.45, 2.75) is 33.2 Å². The third-order valence-electron chi connectivity index (χ3n) is 2.80. The van der Waals surface area contributed by atoms with Gasteiger partial charge in [0.1, 0.15) is 0 Å². The molecule has 0 saturated carbocycles. The molecule has 1 unspecified atom stereocenters. The fraction of sp³-hybridized carbons (Fsp3) is 0.923. The Labute approximate surface area is 152 Å². The van der Waals surface area contributed by atoms with Crippen molar-refractivity contribution in [2.24, 2.45) is 4.99 Å². The largest absolute Gasteiger partial charge is 0.383 e. The van der Waals surface area contributed by atoms with Crippen LogP contribution in [0.3, 0.4) is 0 Å². The van der Waals surface area contributed by atoms with Gasteiger partial charge < -0.3 is 15.4 Å². The lowest BCUT2D eigenvalue weighted by molar-refractivity contribution is 0.179. The van der Waals surface area contributed by atoms with E-state index >= 15 is 0 Å². The molecule has 9 heteroatoms. The van der Waals surface area contributed by atoms with E-state index in [1.54, 1.807) is 7.11 Å². The van der Waals surface area contributed by atoms with E-state index in [9.17, 15) is 8.42 Å². The van der Waals surface area contributed by atoms with Gasteiger partial charge in [0, 0.05) is 39.3 Å². The van der Waals surface area contributed by atoms with E-state index < -0.39 is 10.0 Å². The Morgan fingerprint density at radius 2 is 2.00 bits per heavy atom. The summed E-state index contributed by atoms with van der Waals surface area (Å²) in [5, 5.41) is 6.39. The lowest BCUT2D eigenvalue weighted by atomic mass is 10.4. The highest BCUT2D eigenvalue weighted by Gasteiger charge is 2.13. The Hall–Kier alpha value is -0.130. The first-order valence-electron chi connectivity index (χ1n) is 7.34. The van der Waals surface area contributed by atoms with Crippen LogP contribution < -0.4 is 10.6 Å². The van der Waals surface area contributed by atoms with Gasteiger partial charge in [-0.25, -0.2) is 12.7 Å². The monoisotopic (exact) mass is 450 g/mol. The second-order valence-electron chi connectivity index (χ2n) is 4.87. The van der Waals surface area contributed by atoms with Gasteiger partial charge in [0.2, 0.25) is 10.0 Å². The molecule has 7 nitrogen and oxygen atoms in total. The Morgan fingerprint density at radius 1 is 1.36 bits per heavy atom. The number of hydrogen-bond donors (Lipinski definition) is 2. The lowest BCUT2D eigenvalue weighted by Gasteiger charge is -2.18. The van der Waals surface area contributed by atoms with Gasteiger partial charge in [-0.15, -0.1) is 24.0 Å². The van der Waals surface area contributed by atoms with Crippen molar-refractivity contribution in [1.29, 1.82) is 0 Å². The summed E-state index contributed by atoms with van der Waals surface area (Å²) in [7, 11) is -1.46. The standard InChI is InChI=1S/C13H30N4O3S.HI/c1-6-14-13(16-12(3)11-20-4)15-9-8-10-17(7-2)21(5,18)19;/h12H,6-11H2,1-5H3,(H2,14,15,16);1H. The molecule has 0 aliphatic heterocycles. The molecule has 0 aromatic carbocycles. The summed E-state index contributed by atoms with van der Waals surface area (Å²) >= 11 is 0. The Balaban J connectivity index is 0. The highest BCUT2D eigenvalue weighted by Crippen LogP contribution is 1.99. The van der Waals surface area contributed by atoms with Gasteiger partial charge in [0.05, 0.1) is 12.9 Å². The van der Waals surface area contributed by atoms with Crippen LogP contribution in [0, 0.1) is 0 Å². The number of nitrogens with one attached hydrogen (secondary N) is 2. The number of ether oxygens (including phenoxy) is 1. The van der Waals surface area contributed by atoms with E-state index in [1.807, 2.05) is 20.8 Å². The molecule has 0 aliphatic carbocycles. The molecule has 0 aromatic heterocycles. The number of sulfonamides is 1. The van der Waals surface area contributed by atoms with Crippen LogP contribution >= 0.6 is 24.0 Å². The number of halogens is 1. The van der Waals surface area contributed by atoms with Crippen LogP contribution in [0.1, 0.15) is 27.2 Å². The average Bonchev–Trinajstić information content (AvgIpc) is 2.37. The molecule has 0 fully saturated rings. The molecule has 0 bridgehead atoms. The predicted molar refractivity (Wildman–Crippen MR) is 103 cm³/mol. The topological polar surface area (TPSA) is 83.0 Å². The summed E-state index contributed by atoms with van der Waals surface area (Å²) in [4.78, 5) is 4.44. The summed E-state index contributed by atoms with van der Waals surface area (Å²) < 4.78 is 29.5. The van der Waals surface area contributed by atoms with Gasteiger partial charge in [0.25, 0.3) is 0 Å². The normalized spacial score (nSPS) is 13.6. The minimum atomic E-state index is -3.12. The molecule has 1 atom stereocenters. The smallest absolute Gasteiger partial charge is 0.211 e. The Morgan fingerprint density at radius 3 is 2.45 bits per heavy atom. The number of rotatable bonds is 10. The molecule has 0 radical (unpaired) electrons. The molecule has 0 aliphatic rings. The maximum Gasteiger partial charge on any atom is 0.211 e. The maximum atomic E-state index is 11.5. The summed E-state index contributed by atoms with van der Waals surface area (Å²) in [6.45, 7) is 8.78. The van der Waals surface area contributed by atoms with Crippen LogP contribution in [0.15, 0.2) is 4.99 Å². The van der Waals surface area contributed by atoms with E-state index in [0.717, 1.165) is 12.5 Å². The van der Waals surface area contributed by atoms with Crippen LogP contribution in [-0.4, -0.2) is 70.9 Å². The van der Waals surface area contributed by atoms with Crippen molar-refractivity contribution < 1.29 is 13.2 Å². The van der Waals surface area contributed by atoms with Crippen molar-refractivity contribution in [2.75, 3.05) is 46.2 Å². The summed E-state index contributed by atoms with van der Waals surface area (Å²) in [6, 6.07) is 0.163. The fourth-order valence-electron chi connectivity index (χ4n) is 1.84. The van der Waals surface area contributed by atoms with Crippen LogP contribution in [0.5, 0.6) is 0 Å². The molecule has 22 heavy (non-hydrogen) atoms. The van der Waals surface area contributed by atoms with E-state index in [0.29, 0.717) is 32.7 Å². The zero-order valence-electron chi connectivity index (χ0n) is 14.3. The van der Waals surface area contributed by atoms with Crippen molar-refractivity contribution in [1.82, 2.24) is 14.9 Å². The number of guanidine groups is 1.